The molecule has 1 aromatic heterocycles. The third kappa shape index (κ3) is 5.84. The maximum atomic E-state index is 12.6. The van der Waals surface area contributed by atoms with Crippen LogP contribution in [0.2, 0.25) is 0 Å². The van der Waals surface area contributed by atoms with Crippen LogP contribution >= 0.6 is 0 Å². The predicted molar refractivity (Wildman–Crippen MR) is 115 cm³/mol. The molecular formula is C21H24N4O8. The van der Waals surface area contributed by atoms with E-state index in [1.165, 1.54) is 24.3 Å². The summed E-state index contributed by atoms with van der Waals surface area (Å²) >= 11 is 0. The lowest BCUT2D eigenvalue weighted by molar-refractivity contribution is -0.384. The molecule has 0 radical (unpaired) electrons. The monoisotopic (exact) mass is 460 g/mol. The Hall–Kier alpha value is -3.96. The Bertz CT molecular complexity index is 1110. The van der Waals surface area contributed by atoms with Gasteiger partial charge in [0.1, 0.15) is 11.7 Å². The summed E-state index contributed by atoms with van der Waals surface area (Å²) in [5.41, 5.74) is -1.74. The van der Waals surface area contributed by atoms with E-state index in [2.05, 4.69) is 5.10 Å². The lowest BCUT2D eigenvalue weighted by Crippen LogP contribution is -2.44. The number of benzene rings is 1. The Morgan fingerprint density at radius 2 is 1.79 bits per heavy atom. The van der Waals surface area contributed by atoms with Crippen LogP contribution < -0.4 is 10.3 Å². The zero-order valence-corrected chi connectivity index (χ0v) is 18.4. The molecule has 0 bridgehead atoms. The standard InChI is InChI=1S/C21H24N4O8/c1-21(2,3)33-20(29)23-10-8-15(9-11-23)32-16-12-17(26)24(22-18(16)19(27)28)13-4-6-14(7-5-13)25(30)31/h4-7,12,15H,8-11H2,1-3H3,(H,27,28). The second kappa shape index (κ2) is 9.27. The summed E-state index contributed by atoms with van der Waals surface area (Å²) in [6.07, 6.45) is -0.00855. The third-order valence-corrected chi connectivity index (χ3v) is 4.79. The fraction of sp³-hybridized carbons (Fsp3) is 0.429. The molecule has 0 spiro atoms. The van der Waals surface area contributed by atoms with Crippen molar-refractivity contribution in [3.8, 4) is 11.4 Å². The molecule has 0 atom stereocenters. The van der Waals surface area contributed by atoms with Gasteiger partial charge in [-0.2, -0.15) is 9.78 Å². The molecular weight excluding hydrogens is 436 g/mol. The summed E-state index contributed by atoms with van der Waals surface area (Å²) < 4.78 is 12.0. The summed E-state index contributed by atoms with van der Waals surface area (Å²) in [6.45, 7) is 6.05. The van der Waals surface area contributed by atoms with E-state index in [9.17, 15) is 29.6 Å². The molecule has 0 unspecified atom stereocenters. The molecule has 2 aromatic rings. The van der Waals surface area contributed by atoms with Crippen LogP contribution in [0.1, 0.15) is 44.1 Å². The summed E-state index contributed by atoms with van der Waals surface area (Å²) in [7, 11) is 0. The van der Waals surface area contributed by atoms with Gasteiger partial charge in [0.05, 0.1) is 16.7 Å². The van der Waals surface area contributed by atoms with Gasteiger partial charge in [-0.25, -0.2) is 9.59 Å². The van der Waals surface area contributed by atoms with Crippen molar-refractivity contribution in [3.63, 3.8) is 0 Å². The van der Waals surface area contributed by atoms with Gasteiger partial charge < -0.3 is 19.5 Å². The van der Waals surface area contributed by atoms with E-state index in [0.29, 0.717) is 25.9 Å². The summed E-state index contributed by atoms with van der Waals surface area (Å²) in [5.74, 6) is -1.58. The van der Waals surface area contributed by atoms with Crippen molar-refractivity contribution in [2.75, 3.05) is 13.1 Å². The molecule has 2 heterocycles. The molecule has 1 saturated heterocycles. The van der Waals surface area contributed by atoms with Crippen LogP contribution in [-0.2, 0) is 4.74 Å². The Labute approximate surface area is 188 Å². The highest BCUT2D eigenvalue weighted by Crippen LogP contribution is 2.23. The third-order valence-electron chi connectivity index (χ3n) is 4.79. The number of aromatic carboxylic acids is 1. The van der Waals surface area contributed by atoms with Crippen LogP contribution in [-0.4, -0.2) is 61.6 Å². The number of nitro benzene ring substituents is 1. The number of non-ortho nitro benzene ring substituents is 1. The molecule has 12 nitrogen and oxygen atoms in total. The van der Waals surface area contributed by atoms with E-state index in [1.54, 1.807) is 25.7 Å². The van der Waals surface area contributed by atoms with E-state index in [4.69, 9.17) is 9.47 Å². The molecule has 0 saturated carbocycles. The van der Waals surface area contributed by atoms with Crippen molar-refractivity contribution in [3.05, 3.63) is 56.5 Å². The number of nitro groups is 1. The van der Waals surface area contributed by atoms with Crippen molar-refractivity contribution in [1.29, 1.82) is 0 Å². The summed E-state index contributed by atoms with van der Waals surface area (Å²) in [6, 6.07) is 5.99. The minimum atomic E-state index is -1.40. The van der Waals surface area contributed by atoms with Gasteiger partial charge in [0.2, 0.25) is 5.69 Å². The smallest absolute Gasteiger partial charge is 0.410 e. The van der Waals surface area contributed by atoms with Crippen LogP contribution in [0.15, 0.2) is 35.1 Å². The van der Waals surface area contributed by atoms with Gasteiger partial charge in [0, 0.05) is 38.1 Å². The van der Waals surface area contributed by atoms with E-state index >= 15 is 0 Å². The quantitative estimate of drug-likeness (QED) is 0.524. The highest BCUT2D eigenvalue weighted by atomic mass is 16.6. The van der Waals surface area contributed by atoms with Crippen LogP contribution in [0, 0.1) is 10.1 Å². The molecule has 3 rings (SSSR count). The average Bonchev–Trinajstić information content (AvgIpc) is 2.73. The largest absolute Gasteiger partial charge is 0.487 e. The fourth-order valence-electron chi connectivity index (χ4n) is 3.24. The fourth-order valence-corrected chi connectivity index (χ4v) is 3.24. The van der Waals surface area contributed by atoms with Crippen molar-refractivity contribution >= 4 is 17.7 Å². The topological polar surface area (TPSA) is 154 Å². The molecule has 12 heteroatoms. The summed E-state index contributed by atoms with van der Waals surface area (Å²) in [5, 5.41) is 24.3. The number of aromatic nitrogens is 2. The minimum Gasteiger partial charge on any atom is -0.487 e. The zero-order chi connectivity index (χ0) is 24.3. The van der Waals surface area contributed by atoms with Gasteiger partial charge in [0.15, 0.2) is 5.75 Å². The first-order valence-electron chi connectivity index (χ1n) is 10.2. The van der Waals surface area contributed by atoms with Crippen LogP contribution in [0.3, 0.4) is 0 Å². The second-order valence-corrected chi connectivity index (χ2v) is 8.47. The number of ether oxygens (including phenoxy) is 2. The van der Waals surface area contributed by atoms with Gasteiger partial charge in [-0.05, 0) is 32.9 Å². The Morgan fingerprint density at radius 1 is 1.18 bits per heavy atom. The first kappa shape index (κ1) is 23.7. The van der Waals surface area contributed by atoms with Crippen molar-refractivity contribution < 1.29 is 29.1 Å². The molecule has 1 fully saturated rings. The molecule has 1 aromatic carbocycles. The highest BCUT2D eigenvalue weighted by Gasteiger charge is 2.29. The highest BCUT2D eigenvalue weighted by molar-refractivity contribution is 5.88. The predicted octanol–water partition coefficient (Wildman–Crippen LogP) is 2.62. The van der Waals surface area contributed by atoms with Gasteiger partial charge in [-0.15, -0.1) is 0 Å². The zero-order valence-electron chi connectivity index (χ0n) is 18.4. The number of piperidine rings is 1. The molecule has 1 aliphatic rings. The summed E-state index contributed by atoms with van der Waals surface area (Å²) in [4.78, 5) is 48.3. The number of carbonyl (C=O) groups is 2. The maximum Gasteiger partial charge on any atom is 0.410 e. The number of rotatable bonds is 5. The Balaban J connectivity index is 1.76. The number of amides is 1. The average molecular weight is 460 g/mol. The van der Waals surface area contributed by atoms with E-state index in [-0.39, 0.29) is 17.1 Å². The Morgan fingerprint density at radius 3 is 2.30 bits per heavy atom. The van der Waals surface area contributed by atoms with Crippen molar-refractivity contribution in [1.82, 2.24) is 14.7 Å². The Kier molecular flexibility index (Phi) is 6.65. The first-order valence-corrected chi connectivity index (χ1v) is 10.2. The SMILES string of the molecule is CC(C)(C)OC(=O)N1CCC(Oc2cc(=O)n(-c3ccc([N+](=O)[O-])cc3)nc2C(=O)O)CC1. The van der Waals surface area contributed by atoms with Gasteiger partial charge in [0.25, 0.3) is 11.2 Å². The van der Waals surface area contributed by atoms with E-state index in [0.717, 1.165) is 10.7 Å². The minimum absolute atomic E-state index is 0.172. The van der Waals surface area contributed by atoms with Gasteiger partial charge in [-0.1, -0.05) is 0 Å². The van der Waals surface area contributed by atoms with Gasteiger partial charge >= 0.3 is 12.1 Å². The van der Waals surface area contributed by atoms with Crippen molar-refractivity contribution in [2.45, 2.75) is 45.3 Å². The van der Waals surface area contributed by atoms with Gasteiger partial charge in [-0.3, -0.25) is 14.9 Å². The number of carboxylic acid groups (broad SMARTS) is 1. The number of likely N-dealkylation sites (tertiary alicyclic amines) is 1. The first-order chi connectivity index (χ1) is 15.4. The van der Waals surface area contributed by atoms with Crippen LogP contribution in [0.25, 0.3) is 5.69 Å². The number of hydrogen-bond acceptors (Lipinski definition) is 8. The molecule has 176 valence electrons. The van der Waals surface area contributed by atoms with Crippen LogP contribution in [0.4, 0.5) is 10.5 Å². The molecule has 1 amide bonds. The maximum absolute atomic E-state index is 12.6. The second-order valence-electron chi connectivity index (χ2n) is 8.47. The molecule has 33 heavy (non-hydrogen) atoms. The lowest BCUT2D eigenvalue weighted by atomic mass is 10.1. The molecule has 0 aliphatic carbocycles. The van der Waals surface area contributed by atoms with Crippen molar-refractivity contribution in [2.24, 2.45) is 0 Å². The number of hydrogen-bond donors (Lipinski definition) is 1. The van der Waals surface area contributed by atoms with E-state index in [1.807, 2.05) is 0 Å². The normalized spacial score (nSPS) is 14.6. The number of nitrogens with zero attached hydrogens (tertiary/aromatic N) is 4. The van der Waals surface area contributed by atoms with E-state index < -0.39 is 39.9 Å². The lowest BCUT2D eigenvalue weighted by Gasteiger charge is -2.33. The van der Waals surface area contributed by atoms with Crippen LogP contribution in [0.5, 0.6) is 5.75 Å². The molecule has 1 N–H and O–H groups in total. The molecule has 1 aliphatic heterocycles. The number of carbonyl (C=O) groups excluding carboxylic acids is 1. The number of carboxylic acids is 1.